The standard InChI is InChI=1S/C18H20N2O5S/c1-26-18-15(16(23)13-6-2-3-7-19-13)12(9-14(21)22)17(24)20(18)10-11-5-4-8-25-11/h2-3,6-7,11,18H,4-5,8-10H2,1H3,(H,21,22)/t11-,18+/m0/s1. The maximum Gasteiger partial charge on any atom is 0.308 e. The lowest BCUT2D eigenvalue weighted by molar-refractivity contribution is -0.137. The van der Waals surface area contributed by atoms with Gasteiger partial charge in [-0.15, -0.1) is 11.8 Å². The topological polar surface area (TPSA) is 96.8 Å². The van der Waals surface area contributed by atoms with Crippen molar-refractivity contribution < 1.29 is 24.2 Å². The van der Waals surface area contributed by atoms with Crippen LogP contribution < -0.4 is 0 Å². The van der Waals surface area contributed by atoms with Crippen LogP contribution in [-0.4, -0.2) is 63.5 Å². The molecule has 0 bridgehead atoms. The second-order valence-corrected chi connectivity index (χ2v) is 7.11. The van der Waals surface area contributed by atoms with Gasteiger partial charge in [-0.05, 0) is 31.2 Å². The average Bonchev–Trinajstić information content (AvgIpc) is 3.23. The van der Waals surface area contributed by atoms with Crippen molar-refractivity contribution in [3.05, 3.63) is 41.2 Å². The Morgan fingerprint density at radius 2 is 2.23 bits per heavy atom. The van der Waals surface area contributed by atoms with Gasteiger partial charge in [0.1, 0.15) is 11.1 Å². The minimum atomic E-state index is -1.14. The number of hydrogen-bond donors (Lipinski definition) is 1. The van der Waals surface area contributed by atoms with Crippen LogP contribution in [-0.2, 0) is 14.3 Å². The molecule has 2 atom stereocenters. The van der Waals surface area contributed by atoms with Gasteiger partial charge in [-0.2, -0.15) is 0 Å². The number of carboxylic acid groups (broad SMARTS) is 1. The van der Waals surface area contributed by atoms with E-state index in [2.05, 4.69) is 4.98 Å². The van der Waals surface area contributed by atoms with E-state index in [-0.39, 0.29) is 22.9 Å². The third-order valence-electron chi connectivity index (χ3n) is 4.49. The highest BCUT2D eigenvalue weighted by molar-refractivity contribution is 7.99. The molecular formula is C18H20N2O5S. The van der Waals surface area contributed by atoms with Gasteiger partial charge in [0.15, 0.2) is 0 Å². The van der Waals surface area contributed by atoms with Gasteiger partial charge < -0.3 is 14.7 Å². The van der Waals surface area contributed by atoms with Crippen LogP contribution in [0, 0.1) is 0 Å². The van der Waals surface area contributed by atoms with Crippen molar-refractivity contribution in [1.29, 1.82) is 0 Å². The highest BCUT2D eigenvalue weighted by atomic mass is 32.2. The maximum atomic E-state index is 13.0. The van der Waals surface area contributed by atoms with Gasteiger partial charge in [0.2, 0.25) is 5.78 Å². The first-order chi connectivity index (χ1) is 12.5. The number of ether oxygens (including phenoxy) is 1. The average molecular weight is 376 g/mol. The van der Waals surface area contributed by atoms with E-state index in [4.69, 9.17) is 4.74 Å². The Hall–Kier alpha value is -2.19. The quantitative estimate of drug-likeness (QED) is 0.724. The van der Waals surface area contributed by atoms with Crippen molar-refractivity contribution in [2.24, 2.45) is 0 Å². The number of amides is 1. The number of carbonyl (C=O) groups is 3. The molecule has 1 saturated heterocycles. The van der Waals surface area contributed by atoms with Gasteiger partial charge in [0, 0.05) is 30.5 Å². The van der Waals surface area contributed by atoms with E-state index in [0.717, 1.165) is 12.8 Å². The van der Waals surface area contributed by atoms with E-state index in [0.29, 0.717) is 13.2 Å². The van der Waals surface area contributed by atoms with Gasteiger partial charge in [0.05, 0.1) is 12.5 Å². The van der Waals surface area contributed by atoms with Crippen molar-refractivity contribution in [3.63, 3.8) is 0 Å². The zero-order valence-corrected chi connectivity index (χ0v) is 15.2. The smallest absolute Gasteiger partial charge is 0.308 e. The molecule has 138 valence electrons. The molecule has 2 aliphatic rings. The normalized spacial score (nSPS) is 23.0. The molecule has 8 heteroatoms. The first-order valence-corrected chi connectivity index (χ1v) is 9.67. The number of carboxylic acids is 1. The number of aromatic nitrogens is 1. The molecular weight excluding hydrogens is 356 g/mol. The third kappa shape index (κ3) is 3.66. The Kier molecular flexibility index (Phi) is 5.73. The number of ketones is 1. The number of nitrogens with zero attached hydrogens (tertiary/aromatic N) is 2. The Labute approximate surface area is 155 Å². The van der Waals surface area contributed by atoms with Crippen LogP contribution in [0.1, 0.15) is 29.8 Å². The van der Waals surface area contributed by atoms with Gasteiger partial charge in [-0.3, -0.25) is 19.4 Å². The van der Waals surface area contributed by atoms with E-state index >= 15 is 0 Å². The van der Waals surface area contributed by atoms with Crippen LogP contribution in [0.2, 0.25) is 0 Å². The van der Waals surface area contributed by atoms with Crippen LogP contribution in [0.4, 0.5) is 0 Å². The summed E-state index contributed by atoms with van der Waals surface area (Å²) < 4.78 is 5.62. The SMILES string of the molecule is CS[C@@H]1C(C(=O)c2ccccn2)=C(CC(=O)O)C(=O)N1C[C@@H]1CCCO1. The zero-order chi connectivity index (χ0) is 18.7. The van der Waals surface area contributed by atoms with E-state index in [1.807, 2.05) is 0 Å². The number of hydrogen-bond acceptors (Lipinski definition) is 6. The van der Waals surface area contributed by atoms with Crippen molar-refractivity contribution in [2.75, 3.05) is 19.4 Å². The van der Waals surface area contributed by atoms with Gasteiger partial charge in [0.25, 0.3) is 5.91 Å². The van der Waals surface area contributed by atoms with E-state index < -0.39 is 29.5 Å². The molecule has 1 aromatic heterocycles. The van der Waals surface area contributed by atoms with Crippen LogP contribution in [0.25, 0.3) is 0 Å². The summed E-state index contributed by atoms with van der Waals surface area (Å²) >= 11 is 1.34. The molecule has 1 amide bonds. The first kappa shape index (κ1) is 18.6. The van der Waals surface area contributed by atoms with Crippen LogP contribution >= 0.6 is 11.8 Å². The first-order valence-electron chi connectivity index (χ1n) is 8.39. The fourth-order valence-electron chi connectivity index (χ4n) is 3.34. The molecule has 0 unspecified atom stereocenters. The Morgan fingerprint density at radius 1 is 1.42 bits per heavy atom. The van der Waals surface area contributed by atoms with E-state index in [1.165, 1.54) is 18.0 Å². The summed E-state index contributed by atoms with van der Waals surface area (Å²) in [4.78, 5) is 42.8. The number of rotatable bonds is 7. The highest BCUT2D eigenvalue weighted by Gasteiger charge is 2.43. The van der Waals surface area contributed by atoms with Crippen molar-refractivity contribution >= 4 is 29.4 Å². The minimum Gasteiger partial charge on any atom is -0.481 e. The second-order valence-electron chi connectivity index (χ2n) is 6.19. The molecule has 3 rings (SSSR count). The molecule has 0 saturated carbocycles. The molecule has 0 radical (unpaired) electrons. The fourth-order valence-corrected chi connectivity index (χ4v) is 4.26. The van der Waals surface area contributed by atoms with Gasteiger partial charge in [-0.1, -0.05) is 6.07 Å². The number of carbonyl (C=O) groups excluding carboxylic acids is 2. The highest BCUT2D eigenvalue weighted by Crippen LogP contribution is 2.36. The number of thioether (sulfide) groups is 1. The molecule has 0 aliphatic carbocycles. The number of Topliss-reactive ketones (excluding diaryl/α,β-unsaturated/α-hetero) is 1. The second kappa shape index (κ2) is 8.01. The van der Waals surface area contributed by atoms with Crippen molar-refractivity contribution in [2.45, 2.75) is 30.7 Å². The summed E-state index contributed by atoms with van der Waals surface area (Å²) in [6.45, 7) is 1.01. The lowest BCUT2D eigenvalue weighted by Crippen LogP contribution is -2.40. The van der Waals surface area contributed by atoms with Crippen LogP contribution in [0.5, 0.6) is 0 Å². The molecule has 0 aromatic carbocycles. The maximum absolute atomic E-state index is 13.0. The predicted molar refractivity (Wildman–Crippen MR) is 95.8 cm³/mol. The summed E-state index contributed by atoms with van der Waals surface area (Å²) in [7, 11) is 0. The number of aliphatic carboxylic acids is 1. The Morgan fingerprint density at radius 3 is 2.81 bits per heavy atom. The molecule has 26 heavy (non-hydrogen) atoms. The molecule has 3 heterocycles. The summed E-state index contributed by atoms with van der Waals surface area (Å²) in [5, 5.41) is 8.70. The Bertz CT molecular complexity index is 743. The molecule has 7 nitrogen and oxygen atoms in total. The monoisotopic (exact) mass is 376 g/mol. The molecule has 1 N–H and O–H groups in total. The van der Waals surface area contributed by atoms with E-state index in [1.54, 1.807) is 29.4 Å². The lowest BCUT2D eigenvalue weighted by atomic mass is 10.0. The van der Waals surface area contributed by atoms with Crippen molar-refractivity contribution in [3.8, 4) is 0 Å². The summed E-state index contributed by atoms with van der Waals surface area (Å²) in [5.74, 6) is -1.94. The minimum absolute atomic E-state index is 0.0468. The molecule has 2 aliphatic heterocycles. The number of pyridine rings is 1. The van der Waals surface area contributed by atoms with Gasteiger partial charge in [-0.25, -0.2) is 0 Å². The van der Waals surface area contributed by atoms with Crippen molar-refractivity contribution in [1.82, 2.24) is 9.88 Å². The summed E-state index contributed by atoms with van der Waals surface area (Å²) in [6, 6.07) is 4.95. The molecule has 1 fully saturated rings. The fraction of sp³-hybridized carbons (Fsp3) is 0.444. The lowest BCUT2D eigenvalue weighted by Gasteiger charge is -2.27. The summed E-state index contributed by atoms with van der Waals surface area (Å²) in [6.07, 6.45) is 4.53. The molecule has 0 spiro atoms. The van der Waals surface area contributed by atoms with Gasteiger partial charge >= 0.3 is 5.97 Å². The molecule has 1 aromatic rings. The Balaban J connectivity index is 1.96. The van der Waals surface area contributed by atoms with Crippen LogP contribution in [0.3, 0.4) is 0 Å². The zero-order valence-electron chi connectivity index (χ0n) is 14.4. The predicted octanol–water partition coefficient (Wildman–Crippen LogP) is 1.75. The largest absolute Gasteiger partial charge is 0.481 e. The summed E-state index contributed by atoms with van der Waals surface area (Å²) in [5.41, 5.74) is 0.475. The third-order valence-corrected chi connectivity index (χ3v) is 5.43. The van der Waals surface area contributed by atoms with E-state index in [9.17, 15) is 19.5 Å². The van der Waals surface area contributed by atoms with Crippen LogP contribution in [0.15, 0.2) is 35.5 Å².